The van der Waals surface area contributed by atoms with Crippen molar-refractivity contribution in [2.24, 2.45) is 0 Å². The highest BCUT2D eigenvalue weighted by molar-refractivity contribution is 6.60. The highest BCUT2D eigenvalue weighted by Gasteiger charge is 2.39. The Morgan fingerprint density at radius 3 is 2.29 bits per heavy atom. The summed E-state index contributed by atoms with van der Waals surface area (Å²) in [5.74, 6) is 0.725. The van der Waals surface area contributed by atoms with Gasteiger partial charge in [-0.2, -0.15) is 0 Å². The van der Waals surface area contributed by atoms with Crippen LogP contribution in [0.25, 0.3) is 0 Å². The molecule has 0 bridgehead atoms. The van der Waals surface area contributed by atoms with E-state index in [0.29, 0.717) is 10.5 Å². The van der Waals surface area contributed by atoms with E-state index < -0.39 is 18.3 Å². The lowest BCUT2D eigenvalue weighted by molar-refractivity contribution is -0.0982. The number of hydrogen-bond donors (Lipinski definition) is 2. The Bertz CT molecular complexity index is 572. The van der Waals surface area contributed by atoms with E-state index in [1.54, 1.807) is 40.0 Å². The van der Waals surface area contributed by atoms with Gasteiger partial charge < -0.3 is 24.6 Å². The van der Waals surface area contributed by atoms with Crippen LogP contribution in [0.2, 0.25) is 5.02 Å². The Morgan fingerprint density at radius 2 is 1.79 bits per heavy atom. The molecule has 1 aromatic heterocycles. The Hall–Kier alpha value is -0.855. The van der Waals surface area contributed by atoms with Crippen LogP contribution in [0.3, 0.4) is 0 Å². The first-order valence-corrected chi connectivity index (χ1v) is 8.56. The van der Waals surface area contributed by atoms with Gasteiger partial charge in [0.2, 0.25) is 0 Å². The molecule has 1 aliphatic heterocycles. The maximum atomic E-state index is 10.3. The highest BCUT2D eigenvalue weighted by Crippen LogP contribution is 2.26. The van der Waals surface area contributed by atoms with Crippen molar-refractivity contribution in [3.63, 3.8) is 0 Å². The first-order chi connectivity index (χ1) is 11.0. The van der Waals surface area contributed by atoms with Gasteiger partial charge >= 0.3 is 7.12 Å². The minimum Gasteiger partial charge on any atom is -0.423 e. The zero-order valence-corrected chi connectivity index (χ0v) is 15.8. The van der Waals surface area contributed by atoms with Gasteiger partial charge in [0.1, 0.15) is 5.82 Å². The van der Waals surface area contributed by atoms with Crippen LogP contribution < -0.4 is 10.4 Å². The number of halogens is 1. The Morgan fingerprint density at radius 1 is 1.21 bits per heavy atom. The molecule has 0 aromatic carbocycles. The van der Waals surface area contributed by atoms with Crippen molar-refractivity contribution in [1.29, 1.82) is 0 Å². The Balaban J connectivity index is 2.11. The van der Waals surface area contributed by atoms with Crippen molar-refractivity contribution in [1.82, 2.24) is 9.88 Å². The van der Waals surface area contributed by atoms with Crippen molar-refractivity contribution >= 4 is 30.0 Å². The number of likely N-dealkylation sites (N-methyl/N-ethyl adjacent to an activating group) is 1. The van der Waals surface area contributed by atoms with Crippen molar-refractivity contribution in [2.45, 2.75) is 38.9 Å². The minimum atomic E-state index is -1.21. The number of aromatic nitrogens is 1. The van der Waals surface area contributed by atoms with Gasteiger partial charge in [-0.3, -0.25) is 0 Å². The van der Waals surface area contributed by atoms with Crippen LogP contribution in [0.5, 0.6) is 0 Å². The van der Waals surface area contributed by atoms with E-state index in [2.05, 4.69) is 21.8 Å². The molecule has 2 heterocycles. The molecule has 1 aromatic rings. The summed E-state index contributed by atoms with van der Waals surface area (Å²) in [5, 5.41) is 21.0. The van der Waals surface area contributed by atoms with Gasteiger partial charge in [-0.15, -0.1) is 0 Å². The van der Waals surface area contributed by atoms with E-state index in [0.717, 1.165) is 32.0 Å². The van der Waals surface area contributed by atoms with Crippen LogP contribution in [0.4, 0.5) is 5.82 Å². The topological polar surface area (TPSA) is 69.1 Å². The maximum absolute atomic E-state index is 10.3. The normalized spacial score (nSPS) is 17.2. The van der Waals surface area contributed by atoms with E-state index in [4.69, 9.17) is 16.3 Å². The van der Waals surface area contributed by atoms with Crippen LogP contribution in [-0.4, -0.2) is 71.6 Å². The Kier molecular flexibility index (Phi) is 5.82. The summed E-state index contributed by atoms with van der Waals surface area (Å²) in [5.41, 5.74) is -1.57. The predicted molar refractivity (Wildman–Crippen MR) is 98.0 cm³/mol. The van der Waals surface area contributed by atoms with Gasteiger partial charge in [0, 0.05) is 37.8 Å². The third kappa shape index (κ3) is 4.40. The summed E-state index contributed by atoms with van der Waals surface area (Å²) in [6.07, 6.45) is 1.57. The molecular weight excluding hydrogens is 328 g/mol. The monoisotopic (exact) mass is 355 g/mol. The molecule has 0 amide bonds. The first kappa shape index (κ1) is 19.5. The molecule has 8 heteroatoms. The maximum Gasteiger partial charge on any atom is 0.493 e. The lowest BCUT2D eigenvalue weighted by atomic mass is 9.77. The van der Waals surface area contributed by atoms with Crippen molar-refractivity contribution in [3.05, 3.63) is 17.3 Å². The molecule has 6 nitrogen and oxygen atoms in total. The summed E-state index contributed by atoms with van der Waals surface area (Å²) in [7, 11) is 0.881. The number of aliphatic hydroxyl groups is 1. The average Bonchev–Trinajstić information content (AvgIpc) is 2.46. The summed E-state index contributed by atoms with van der Waals surface area (Å²) in [6.45, 7) is 10.4. The number of piperazine rings is 1. The predicted octanol–water partition coefficient (Wildman–Crippen LogP) is 0.740. The second-order valence-electron chi connectivity index (χ2n) is 7.40. The third-order valence-electron chi connectivity index (χ3n) is 4.81. The molecule has 0 radical (unpaired) electrons. The molecule has 1 saturated heterocycles. The number of pyridine rings is 1. The number of nitrogens with zero attached hydrogens (tertiary/aromatic N) is 3. The minimum absolute atomic E-state index is 0.468. The fourth-order valence-corrected chi connectivity index (χ4v) is 2.62. The van der Waals surface area contributed by atoms with Crippen molar-refractivity contribution in [3.8, 4) is 0 Å². The zero-order chi connectivity index (χ0) is 18.1. The smallest absolute Gasteiger partial charge is 0.423 e. The number of hydrogen-bond acceptors (Lipinski definition) is 6. The van der Waals surface area contributed by atoms with Gasteiger partial charge in [-0.25, -0.2) is 4.98 Å². The number of rotatable bonds is 5. The van der Waals surface area contributed by atoms with Crippen LogP contribution in [0.15, 0.2) is 12.3 Å². The van der Waals surface area contributed by atoms with Crippen molar-refractivity contribution in [2.75, 3.05) is 38.1 Å². The molecule has 1 aliphatic rings. The first-order valence-electron chi connectivity index (χ1n) is 8.18. The SMILES string of the molecule is CN1CCN(c2ncc(B(O)OC(C)(C)C(C)(C)O)cc2Cl)CC1. The molecule has 0 atom stereocenters. The van der Waals surface area contributed by atoms with Crippen LogP contribution in [0, 0.1) is 0 Å². The quantitative estimate of drug-likeness (QED) is 0.759. The molecule has 0 spiro atoms. The summed E-state index contributed by atoms with van der Waals surface area (Å²) < 4.78 is 5.63. The molecular formula is C16H27BClN3O3. The largest absolute Gasteiger partial charge is 0.493 e. The molecule has 24 heavy (non-hydrogen) atoms. The Labute approximate surface area is 149 Å². The van der Waals surface area contributed by atoms with Crippen LogP contribution >= 0.6 is 11.6 Å². The second kappa shape index (κ2) is 7.18. The van der Waals surface area contributed by atoms with Crippen LogP contribution in [0.1, 0.15) is 27.7 Å². The molecule has 134 valence electrons. The highest BCUT2D eigenvalue weighted by atomic mass is 35.5. The van der Waals surface area contributed by atoms with Crippen LogP contribution in [-0.2, 0) is 4.65 Å². The van der Waals surface area contributed by atoms with Gasteiger partial charge in [0.15, 0.2) is 0 Å². The molecule has 2 N–H and O–H groups in total. The van der Waals surface area contributed by atoms with E-state index in [-0.39, 0.29) is 0 Å². The molecule has 0 aliphatic carbocycles. The zero-order valence-electron chi connectivity index (χ0n) is 15.1. The second-order valence-corrected chi connectivity index (χ2v) is 7.81. The van der Waals surface area contributed by atoms with Gasteiger partial charge in [-0.05, 0) is 40.8 Å². The summed E-state index contributed by atoms with van der Waals surface area (Å²) >= 11 is 6.37. The van der Waals surface area contributed by atoms with E-state index >= 15 is 0 Å². The lowest BCUT2D eigenvalue weighted by Gasteiger charge is -2.38. The fourth-order valence-electron chi connectivity index (χ4n) is 2.32. The standard InChI is InChI=1S/C16H27BClN3O3/c1-15(2,22)16(3,4)24-17(23)12-10-13(18)14(19-11-12)21-8-6-20(5)7-9-21/h10-11,22-23H,6-9H2,1-5H3. The van der Waals surface area contributed by atoms with Gasteiger partial charge in [0.25, 0.3) is 0 Å². The fraction of sp³-hybridized carbons (Fsp3) is 0.688. The molecule has 0 unspecified atom stereocenters. The summed E-state index contributed by atoms with van der Waals surface area (Å²) in [4.78, 5) is 8.81. The van der Waals surface area contributed by atoms with Gasteiger partial charge in [-0.1, -0.05) is 11.6 Å². The van der Waals surface area contributed by atoms with E-state index in [1.807, 2.05) is 0 Å². The summed E-state index contributed by atoms with van der Waals surface area (Å²) in [6, 6.07) is 1.67. The van der Waals surface area contributed by atoms with Crippen molar-refractivity contribution < 1.29 is 14.8 Å². The molecule has 2 rings (SSSR count). The average molecular weight is 356 g/mol. The van der Waals surface area contributed by atoms with Gasteiger partial charge in [0.05, 0.1) is 16.2 Å². The number of anilines is 1. The third-order valence-corrected chi connectivity index (χ3v) is 5.09. The molecule has 1 fully saturated rings. The van der Waals surface area contributed by atoms with E-state index in [9.17, 15) is 10.1 Å². The molecule has 0 saturated carbocycles. The van der Waals surface area contributed by atoms with E-state index in [1.165, 1.54) is 0 Å². The lowest BCUT2D eigenvalue weighted by Crippen LogP contribution is -2.53.